The van der Waals surface area contributed by atoms with E-state index in [0.717, 1.165) is 18.0 Å². The first-order valence-electron chi connectivity index (χ1n) is 8.31. The predicted molar refractivity (Wildman–Crippen MR) is 102 cm³/mol. The van der Waals surface area contributed by atoms with Crippen LogP contribution in [0, 0.1) is 5.92 Å². The number of hydrogen-bond donors (Lipinski definition) is 1. The zero-order valence-corrected chi connectivity index (χ0v) is 16.1. The minimum atomic E-state index is -2.94. The van der Waals surface area contributed by atoms with E-state index in [1.165, 1.54) is 0 Å². The lowest BCUT2D eigenvalue weighted by atomic mass is 10.1. The maximum absolute atomic E-state index is 11.8. The van der Waals surface area contributed by atoms with E-state index in [-0.39, 0.29) is 17.5 Å². The van der Waals surface area contributed by atoms with Gasteiger partial charge in [-0.2, -0.15) is 0 Å². The van der Waals surface area contributed by atoms with Crippen molar-refractivity contribution in [2.75, 3.05) is 30.0 Å². The molecule has 7 heteroatoms. The van der Waals surface area contributed by atoms with E-state index >= 15 is 0 Å². The Balaban J connectivity index is 2.07. The highest BCUT2D eigenvalue weighted by Gasteiger charge is 2.33. The largest absolute Gasteiger partial charge is 0.494 e. The van der Waals surface area contributed by atoms with Crippen molar-refractivity contribution in [2.45, 2.75) is 33.2 Å². The summed E-state index contributed by atoms with van der Waals surface area (Å²) in [4.78, 5) is 2.03. The summed E-state index contributed by atoms with van der Waals surface area (Å²) in [5, 5.41) is 3.81. The lowest BCUT2D eigenvalue weighted by Crippen LogP contribution is -2.45. The Kier molecular flexibility index (Phi) is 6.46. The van der Waals surface area contributed by atoms with Crippen LogP contribution in [0.1, 0.15) is 27.2 Å². The highest BCUT2D eigenvalue weighted by molar-refractivity contribution is 7.91. The Morgan fingerprint density at radius 1 is 1.38 bits per heavy atom. The molecule has 24 heavy (non-hydrogen) atoms. The lowest BCUT2D eigenvalue weighted by Gasteiger charge is -2.32. The van der Waals surface area contributed by atoms with E-state index in [9.17, 15) is 8.42 Å². The molecule has 5 nitrogen and oxygen atoms in total. The topological polar surface area (TPSA) is 58.6 Å². The minimum Gasteiger partial charge on any atom is -0.494 e. The number of anilines is 1. The smallest absolute Gasteiger partial charge is 0.173 e. The van der Waals surface area contributed by atoms with Gasteiger partial charge < -0.3 is 15.0 Å². The summed E-state index contributed by atoms with van der Waals surface area (Å²) >= 11 is 5.56. The van der Waals surface area contributed by atoms with Gasteiger partial charge in [0.25, 0.3) is 0 Å². The molecule has 0 aliphatic carbocycles. The molecule has 134 valence electrons. The third kappa shape index (κ3) is 5.34. The summed E-state index contributed by atoms with van der Waals surface area (Å²) in [7, 11) is -2.94. The van der Waals surface area contributed by atoms with Gasteiger partial charge in [-0.1, -0.05) is 13.8 Å². The molecule has 1 fully saturated rings. The van der Waals surface area contributed by atoms with E-state index in [2.05, 4.69) is 19.2 Å². The second-order valence-electron chi connectivity index (χ2n) is 6.49. The standard InChI is InChI=1S/C17H26N2O3S2/c1-4-22-16-7-5-14(6-8-16)18-17(23)19(11-13(2)3)15-9-10-24(20,21)12-15/h5-8,13,15H,4,9-12H2,1-3H3,(H,18,23)/t15-/m1/s1. The molecule has 1 heterocycles. The molecule has 1 aliphatic rings. The second-order valence-corrected chi connectivity index (χ2v) is 9.11. The molecule has 0 aromatic heterocycles. The van der Waals surface area contributed by atoms with Gasteiger partial charge in [0.2, 0.25) is 0 Å². The molecule has 1 saturated heterocycles. The first kappa shape index (κ1) is 19.0. The van der Waals surface area contributed by atoms with Crippen molar-refractivity contribution in [1.82, 2.24) is 4.90 Å². The summed E-state index contributed by atoms with van der Waals surface area (Å²) in [6.45, 7) is 7.53. The van der Waals surface area contributed by atoms with Gasteiger partial charge in [0, 0.05) is 18.3 Å². The second kappa shape index (κ2) is 8.16. The Morgan fingerprint density at radius 2 is 2.04 bits per heavy atom. The summed E-state index contributed by atoms with van der Waals surface area (Å²) in [5.41, 5.74) is 0.873. The molecule has 0 saturated carbocycles. The van der Waals surface area contributed by atoms with E-state index in [4.69, 9.17) is 17.0 Å². The van der Waals surface area contributed by atoms with Gasteiger partial charge in [0.1, 0.15) is 5.75 Å². The molecule has 0 spiro atoms. The number of nitrogens with zero attached hydrogens (tertiary/aromatic N) is 1. The molecule has 0 bridgehead atoms. The molecule has 0 amide bonds. The molecule has 0 radical (unpaired) electrons. The molecule has 1 aromatic rings. The Morgan fingerprint density at radius 3 is 2.54 bits per heavy atom. The summed E-state index contributed by atoms with van der Waals surface area (Å²) in [6.07, 6.45) is 0.639. The third-order valence-electron chi connectivity index (χ3n) is 3.89. The number of rotatable bonds is 6. The van der Waals surface area contributed by atoms with Crippen LogP contribution in [0.4, 0.5) is 5.69 Å². The van der Waals surface area contributed by atoms with E-state index in [0.29, 0.717) is 24.1 Å². The molecule has 0 unspecified atom stereocenters. The number of benzene rings is 1. The highest BCUT2D eigenvalue weighted by atomic mass is 32.2. The van der Waals surface area contributed by atoms with Crippen LogP contribution >= 0.6 is 12.2 Å². The van der Waals surface area contributed by atoms with Gasteiger partial charge in [0.05, 0.1) is 18.1 Å². The third-order valence-corrected chi connectivity index (χ3v) is 5.98. The van der Waals surface area contributed by atoms with Gasteiger partial charge in [0.15, 0.2) is 14.9 Å². The average Bonchev–Trinajstić information content (AvgIpc) is 2.86. The first-order valence-corrected chi connectivity index (χ1v) is 10.5. The summed E-state index contributed by atoms with van der Waals surface area (Å²) in [5.74, 6) is 1.64. The molecule has 1 atom stereocenters. The van der Waals surface area contributed by atoms with Crippen LogP contribution in [0.5, 0.6) is 5.75 Å². The van der Waals surface area contributed by atoms with Crippen molar-refractivity contribution >= 4 is 32.9 Å². The molecule has 2 rings (SSSR count). The molecular weight excluding hydrogens is 344 g/mol. The maximum Gasteiger partial charge on any atom is 0.173 e. The van der Waals surface area contributed by atoms with Crippen LogP contribution in [0.2, 0.25) is 0 Å². The number of hydrogen-bond acceptors (Lipinski definition) is 4. The summed E-state index contributed by atoms with van der Waals surface area (Å²) in [6, 6.07) is 7.56. The van der Waals surface area contributed by atoms with Crippen LogP contribution < -0.4 is 10.1 Å². The van der Waals surface area contributed by atoms with Gasteiger partial charge in [-0.25, -0.2) is 8.42 Å². The molecular formula is C17H26N2O3S2. The van der Waals surface area contributed by atoms with Crippen molar-refractivity contribution in [3.8, 4) is 5.75 Å². The summed E-state index contributed by atoms with van der Waals surface area (Å²) < 4.78 is 29.0. The van der Waals surface area contributed by atoms with E-state index in [1.807, 2.05) is 36.1 Å². The van der Waals surface area contributed by atoms with E-state index < -0.39 is 9.84 Å². The fraction of sp³-hybridized carbons (Fsp3) is 0.588. The van der Waals surface area contributed by atoms with Gasteiger partial charge in [-0.05, 0) is 55.7 Å². The number of nitrogens with one attached hydrogen (secondary N) is 1. The van der Waals surface area contributed by atoms with Crippen molar-refractivity contribution in [3.05, 3.63) is 24.3 Å². The zero-order valence-electron chi connectivity index (χ0n) is 14.5. The number of ether oxygens (including phenoxy) is 1. The molecule has 1 N–H and O–H groups in total. The van der Waals surface area contributed by atoms with Gasteiger partial charge in [-0.3, -0.25) is 0 Å². The van der Waals surface area contributed by atoms with Crippen LogP contribution in [-0.2, 0) is 9.84 Å². The fourth-order valence-electron chi connectivity index (χ4n) is 2.81. The van der Waals surface area contributed by atoms with Crippen molar-refractivity contribution in [1.29, 1.82) is 0 Å². The molecule has 1 aliphatic heterocycles. The number of sulfone groups is 1. The first-order chi connectivity index (χ1) is 11.3. The van der Waals surface area contributed by atoms with Gasteiger partial charge >= 0.3 is 0 Å². The monoisotopic (exact) mass is 370 g/mol. The quantitative estimate of drug-likeness (QED) is 0.777. The van der Waals surface area contributed by atoms with Gasteiger partial charge in [-0.15, -0.1) is 0 Å². The highest BCUT2D eigenvalue weighted by Crippen LogP contribution is 2.21. The SMILES string of the molecule is CCOc1ccc(NC(=S)N(CC(C)C)[C@@H]2CCS(=O)(=O)C2)cc1. The Hall–Kier alpha value is -1.34. The maximum atomic E-state index is 11.8. The van der Waals surface area contributed by atoms with Crippen molar-refractivity contribution in [3.63, 3.8) is 0 Å². The van der Waals surface area contributed by atoms with Crippen molar-refractivity contribution < 1.29 is 13.2 Å². The Bertz CT molecular complexity index is 657. The number of thiocarbonyl (C=S) groups is 1. The van der Waals surface area contributed by atoms with Crippen LogP contribution in [0.25, 0.3) is 0 Å². The van der Waals surface area contributed by atoms with E-state index in [1.54, 1.807) is 0 Å². The van der Waals surface area contributed by atoms with Crippen LogP contribution in [0.15, 0.2) is 24.3 Å². The average molecular weight is 371 g/mol. The Labute approximate surface area is 150 Å². The fourth-order valence-corrected chi connectivity index (χ4v) is 4.88. The zero-order chi connectivity index (χ0) is 17.7. The molecule has 1 aromatic carbocycles. The lowest BCUT2D eigenvalue weighted by molar-refractivity contribution is 0.303. The van der Waals surface area contributed by atoms with Crippen LogP contribution in [-0.4, -0.2) is 49.1 Å². The minimum absolute atomic E-state index is 0.0416. The van der Waals surface area contributed by atoms with Crippen LogP contribution in [0.3, 0.4) is 0 Å². The normalized spacial score (nSPS) is 19.2. The van der Waals surface area contributed by atoms with Crippen molar-refractivity contribution in [2.24, 2.45) is 5.92 Å². The predicted octanol–water partition coefficient (Wildman–Crippen LogP) is 2.93.